The maximum absolute atomic E-state index is 14.6. The molecule has 4 aliphatic rings. The number of fused-ring (bicyclic) bond motifs is 3. The molecule has 3 aromatic carbocycles. The van der Waals surface area contributed by atoms with E-state index in [0.29, 0.717) is 30.1 Å². The number of H-pyrrole nitrogens is 1. The van der Waals surface area contributed by atoms with Crippen LogP contribution in [0.25, 0.3) is 16.5 Å². The number of nitrogens with zero attached hydrogens (tertiary/aromatic N) is 2. The molecule has 0 saturated heterocycles. The lowest BCUT2D eigenvalue weighted by molar-refractivity contribution is -0.133. The number of likely N-dealkylation sites (N-methyl/N-ethyl adjacent to an activating group) is 1. The van der Waals surface area contributed by atoms with E-state index in [-0.39, 0.29) is 24.8 Å². The number of amides is 4. The van der Waals surface area contributed by atoms with Crippen LogP contribution in [0.2, 0.25) is 0 Å². The van der Waals surface area contributed by atoms with Gasteiger partial charge in [0.2, 0.25) is 17.7 Å². The molecule has 0 spiro atoms. The van der Waals surface area contributed by atoms with Crippen molar-refractivity contribution in [3.63, 3.8) is 0 Å². The third-order valence-corrected chi connectivity index (χ3v) is 12.3. The van der Waals surface area contributed by atoms with Crippen LogP contribution in [-0.4, -0.2) is 71.3 Å². The first-order valence-electron chi connectivity index (χ1n) is 19.7. The smallest absolute Gasteiger partial charge is 0.250 e. The number of aromatic nitrogens is 1. The van der Waals surface area contributed by atoms with E-state index < -0.39 is 47.6 Å². The highest BCUT2D eigenvalue weighted by atomic mass is 19.1. The van der Waals surface area contributed by atoms with Crippen LogP contribution in [0.15, 0.2) is 79.0 Å². The summed E-state index contributed by atoms with van der Waals surface area (Å²) in [5.41, 5.74) is 12.4. The third-order valence-electron chi connectivity index (χ3n) is 12.3. The number of hydrogen-bond donors (Lipinski definition) is 4. The van der Waals surface area contributed by atoms with Crippen LogP contribution in [0.4, 0.5) is 10.1 Å². The zero-order valence-electron chi connectivity index (χ0n) is 31.2. The Morgan fingerprint density at radius 1 is 0.909 bits per heavy atom. The molecule has 5 N–H and O–H groups in total. The minimum atomic E-state index is -1.12. The third kappa shape index (κ3) is 7.42. The molecule has 286 valence electrons. The van der Waals surface area contributed by atoms with Crippen molar-refractivity contribution in [1.29, 1.82) is 0 Å². The number of nitrogens with two attached hydrogens (primary N) is 1. The first kappa shape index (κ1) is 36.7. The van der Waals surface area contributed by atoms with Gasteiger partial charge in [0.25, 0.3) is 5.91 Å². The van der Waals surface area contributed by atoms with E-state index in [1.54, 1.807) is 24.3 Å². The number of anilines is 1. The second-order valence-electron chi connectivity index (χ2n) is 15.9. The molecule has 4 amide bonds. The Morgan fingerprint density at radius 3 is 2.47 bits per heavy atom. The molecule has 0 unspecified atom stereocenters. The van der Waals surface area contributed by atoms with Gasteiger partial charge in [0.1, 0.15) is 23.9 Å². The molecule has 5 atom stereocenters. The van der Waals surface area contributed by atoms with E-state index in [4.69, 9.17) is 5.73 Å². The van der Waals surface area contributed by atoms with Crippen molar-refractivity contribution < 1.29 is 23.6 Å². The van der Waals surface area contributed by atoms with E-state index >= 15 is 0 Å². The van der Waals surface area contributed by atoms with Crippen molar-refractivity contribution in [2.24, 2.45) is 17.6 Å². The van der Waals surface area contributed by atoms with Gasteiger partial charge >= 0.3 is 0 Å². The lowest BCUT2D eigenvalue weighted by Gasteiger charge is -2.39. The maximum Gasteiger partial charge on any atom is 0.250 e. The SMILES string of the molecule is CN1C[C@H](C(=O)N[C@@H](CCC2CCCCC2)C(=O)N[C@@H](Cc2ccc(F)cc2)C(=O)N2c3ccccc3C[C@H]2C(N)=O)C=C2c3cccc4[nH]cc(c34)C[C@H]21. The molecule has 1 saturated carbocycles. The Hall–Kier alpha value is -5.29. The number of benzene rings is 3. The fourth-order valence-corrected chi connectivity index (χ4v) is 9.42. The summed E-state index contributed by atoms with van der Waals surface area (Å²) in [4.78, 5) is 63.1. The molecule has 10 nitrogen and oxygen atoms in total. The van der Waals surface area contributed by atoms with Crippen LogP contribution in [0.3, 0.4) is 0 Å². The summed E-state index contributed by atoms with van der Waals surface area (Å²) >= 11 is 0. The quantitative estimate of drug-likeness (QED) is 0.167. The predicted molar refractivity (Wildman–Crippen MR) is 210 cm³/mol. The number of carbonyl (C=O) groups excluding carboxylic acids is 4. The lowest BCUT2D eigenvalue weighted by Crippen LogP contribution is -2.58. The average molecular weight is 745 g/mol. The summed E-state index contributed by atoms with van der Waals surface area (Å²) < 4.78 is 13.9. The Kier molecular flexibility index (Phi) is 10.3. The molecular formula is C44H49FN6O4. The fraction of sp³-hybridized carbons (Fsp3) is 0.409. The Balaban J connectivity index is 1.07. The number of nitrogens with one attached hydrogen (secondary N) is 3. The molecule has 1 fully saturated rings. The molecule has 3 heterocycles. The number of halogens is 1. The normalized spacial score (nSPS) is 22.0. The minimum Gasteiger partial charge on any atom is -0.368 e. The van der Waals surface area contributed by atoms with Crippen LogP contribution in [0.5, 0.6) is 0 Å². The second kappa shape index (κ2) is 15.5. The van der Waals surface area contributed by atoms with Gasteiger partial charge in [-0.25, -0.2) is 4.39 Å². The van der Waals surface area contributed by atoms with Crippen molar-refractivity contribution in [3.8, 4) is 0 Å². The molecule has 55 heavy (non-hydrogen) atoms. The number of rotatable bonds is 11. The number of carbonyl (C=O) groups is 4. The van der Waals surface area contributed by atoms with Crippen LogP contribution >= 0.6 is 0 Å². The van der Waals surface area contributed by atoms with Crippen LogP contribution < -0.4 is 21.3 Å². The van der Waals surface area contributed by atoms with Crippen molar-refractivity contribution in [3.05, 3.63) is 107 Å². The number of primary amides is 1. The van der Waals surface area contributed by atoms with Gasteiger partial charge in [-0.05, 0) is 84.3 Å². The van der Waals surface area contributed by atoms with E-state index in [2.05, 4.69) is 44.9 Å². The van der Waals surface area contributed by atoms with Crippen LogP contribution in [-0.2, 0) is 38.4 Å². The zero-order chi connectivity index (χ0) is 38.2. The van der Waals surface area contributed by atoms with Crippen LogP contribution in [0, 0.1) is 17.7 Å². The summed E-state index contributed by atoms with van der Waals surface area (Å²) in [5, 5.41) is 7.33. The highest BCUT2D eigenvalue weighted by Crippen LogP contribution is 2.41. The Bertz CT molecular complexity index is 2140. The minimum absolute atomic E-state index is 0.0475. The van der Waals surface area contributed by atoms with Gasteiger partial charge in [0, 0.05) is 48.2 Å². The van der Waals surface area contributed by atoms with Crippen molar-refractivity contribution in [2.45, 2.75) is 88.4 Å². The van der Waals surface area contributed by atoms with Gasteiger partial charge in [-0.15, -0.1) is 0 Å². The molecular weight excluding hydrogens is 696 g/mol. The largest absolute Gasteiger partial charge is 0.368 e. The molecule has 2 aliphatic carbocycles. The van der Waals surface area contributed by atoms with Crippen molar-refractivity contribution in [1.82, 2.24) is 20.5 Å². The van der Waals surface area contributed by atoms with Gasteiger partial charge in [0.05, 0.1) is 5.92 Å². The standard InChI is InChI=1S/C44H49FN6O4/c1-50-25-30(21-33-32-11-7-12-34-40(32)29(24-47-34)23-38(33)50)42(53)48-35(19-16-26-8-3-2-4-9-26)43(54)49-36(20-27-14-17-31(45)18-15-27)44(55)51-37-13-6-5-10-28(37)22-39(51)41(46)52/h5-7,10-15,17-18,21,24,26,30,35-36,38-39,47H,2-4,8-9,16,19-20,22-23,25H2,1H3,(H2,46,52)(H,48,53)(H,49,54)/t30-,35+,36+,38-,39+/m1/s1. The topological polar surface area (TPSA) is 141 Å². The first-order valence-corrected chi connectivity index (χ1v) is 19.7. The number of hydrogen-bond acceptors (Lipinski definition) is 5. The number of aromatic amines is 1. The molecule has 0 bridgehead atoms. The molecule has 1 aromatic heterocycles. The second-order valence-corrected chi connectivity index (χ2v) is 15.9. The Morgan fingerprint density at radius 2 is 1.69 bits per heavy atom. The van der Waals surface area contributed by atoms with Gasteiger partial charge in [-0.3, -0.25) is 29.0 Å². The van der Waals surface area contributed by atoms with Gasteiger partial charge in [0.15, 0.2) is 0 Å². The highest BCUT2D eigenvalue weighted by molar-refractivity contribution is 6.07. The predicted octanol–water partition coefficient (Wildman–Crippen LogP) is 5.19. The van der Waals surface area contributed by atoms with E-state index in [0.717, 1.165) is 60.7 Å². The van der Waals surface area contributed by atoms with E-state index in [1.807, 2.05) is 25.2 Å². The van der Waals surface area contributed by atoms with E-state index in [1.165, 1.54) is 34.4 Å². The molecule has 8 rings (SSSR count). The molecule has 11 heteroatoms. The first-order chi connectivity index (χ1) is 26.6. The zero-order valence-corrected chi connectivity index (χ0v) is 31.2. The van der Waals surface area contributed by atoms with E-state index in [9.17, 15) is 23.6 Å². The van der Waals surface area contributed by atoms with Crippen molar-refractivity contribution in [2.75, 3.05) is 18.5 Å². The van der Waals surface area contributed by atoms with Gasteiger partial charge < -0.3 is 21.4 Å². The number of para-hydroxylation sites is 1. The fourth-order valence-electron chi connectivity index (χ4n) is 9.42. The summed E-state index contributed by atoms with van der Waals surface area (Å²) in [7, 11) is 2.05. The summed E-state index contributed by atoms with van der Waals surface area (Å²) in [6, 6.07) is 16.5. The molecule has 4 aromatic rings. The monoisotopic (exact) mass is 744 g/mol. The van der Waals surface area contributed by atoms with Crippen molar-refractivity contribution >= 4 is 45.8 Å². The van der Waals surface area contributed by atoms with Gasteiger partial charge in [-0.1, -0.05) is 80.6 Å². The summed E-state index contributed by atoms with van der Waals surface area (Å²) in [5.74, 6) is -2.31. The average Bonchev–Trinajstić information content (AvgIpc) is 3.80. The molecule has 0 radical (unpaired) electrons. The summed E-state index contributed by atoms with van der Waals surface area (Å²) in [6.45, 7) is 0.501. The van der Waals surface area contributed by atoms with Gasteiger partial charge in [-0.2, -0.15) is 0 Å². The highest BCUT2D eigenvalue weighted by Gasteiger charge is 2.42. The maximum atomic E-state index is 14.6. The Labute approximate surface area is 320 Å². The summed E-state index contributed by atoms with van der Waals surface area (Å²) in [6.07, 6.45) is 12.2. The molecule has 2 aliphatic heterocycles. The lowest BCUT2D eigenvalue weighted by atomic mass is 9.79. The van der Waals surface area contributed by atoms with Crippen LogP contribution in [0.1, 0.15) is 67.2 Å².